The lowest BCUT2D eigenvalue weighted by Crippen LogP contribution is -2.27. The second kappa shape index (κ2) is 9.03. The molecule has 0 aliphatic carbocycles. The van der Waals surface area contributed by atoms with Crippen molar-refractivity contribution >= 4 is 5.91 Å². The number of benzene rings is 2. The molecule has 0 saturated carbocycles. The smallest absolute Gasteiger partial charge is 0.387 e. The molecule has 1 unspecified atom stereocenters. The molecule has 7 heteroatoms. The molecule has 0 radical (unpaired) electrons. The number of carbonyl (C=O) groups excluding carboxylic acids is 1. The van der Waals surface area contributed by atoms with Crippen molar-refractivity contribution in [1.82, 2.24) is 5.32 Å². The summed E-state index contributed by atoms with van der Waals surface area (Å²) in [5, 5.41) is 2.77. The van der Waals surface area contributed by atoms with Gasteiger partial charge in [0.05, 0.1) is 25.3 Å². The number of hydrogen-bond acceptors (Lipinski definition) is 4. The van der Waals surface area contributed by atoms with Gasteiger partial charge < -0.3 is 19.5 Å². The molecule has 1 atom stereocenters. The van der Waals surface area contributed by atoms with Crippen molar-refractivity contribution in [3.05, 3.63) is 53.6 Å². The van der Waals surface area contributed by atoms with Crippen LogP contribution in [-0.2, 0) is 0 Å². The van der Waals surface area contributed by atoms with Gasteiger partial charge in [-0.25, -0.2) is 0 Å². The van der Waals surface area contributed by atoms with Gasteiger partial charge in [-0.3, -0.25) is 4.79 Å². The summed E-state index contributed by atoms with van der Waals surface area (Å²) in [4.78, 5) is 12.6. The first-order valence-corrected chi connectivity index (χ1v) is 8.11. The molecule has 0 saturated heterocycles. The highest BCUT2D eigenvalue weighted by Gasteiger charge is 2.21. The molecule has 0 spiro atoms. The van der Waals surface area contributed by atoms with Gasteiger partial charge in [0.1, 0.15) is 5.75 Å². The summed E-state index contributed by atoms with van der Waals surface area (Å²) in [5.74, 6) is -0.0378. The molecule has 1 N–H and O–H groups in total. The van der Waals surface area contributed by atoms with E-state index in [1.807, 2.05) is 19.1 Å². The minimum Gasteiger partial charge on any atom is -0.494 e. The number of carbonyl (C=O) groups is 1. The number of rotatable bonds is 8. The normalized spacial score (nSPS) is 11.8. The van der Waals surface area contributed by atoms with Crippen molar-refractivity contribution in [2.24, 2.45) is 0 Å². The number of amides is 1. The van der Waals surface area contributed by atoms with E-state index in [0.29, 0.717) is 6.61 Å². The Morgan fingerprint density at radius 3 is 2.42 bits per heavy atom. The molecule has 5 nitrogen and oxygen atoms in total. The van der Waals surface area contributed by atoms with E-state index in [4.69, 9.17) is 9.47 Å². The Kier molecular flexibility index (Phi) is 6.77. The van der Waals surface area contributed by atoms with Crippen LogP contribution in [0.5, 0.6) is 17.2 Å². The average Bonchev–Trinajstić information content (AvgIpc) is 2.62. The van der Waals surface area contributed by atoms with Gasteiger partial charge in [0.25, 0.3) is 5.91 Å². The van der Waals surface area contributed by atoms with Crippen molar-refractivity contribution < 1.29 is 27.8 Å². The Morgan fingerprint density at radius 1 is 1.15 bits per heavy atom. The minimum atomic E-state index is -3.07. The van der Waals surface area contributed by atoms with Crippen LogP contribution in [0.1, 0.15) is 35.8 Å². The first-order chi connectivity index (χ1) is 12.5. The van der Waals surface area contributed by atoms with E-state index in [-0.39, 0.29) is 23.1 Å². The maximum absolute atomic E-state index is 12.7. The quantitative estimate of drug-likeness (QED) is 0.762. The minimum absolute atomic E-state index is 0.0255. The molecule has 2 aromatic carbocycles. The summed E-state index contributed by atoms with van der Waals surface area (Å²) in [6.07, 6.45) is 0. The van der Waals surface area contributed by atoms with Crippen molar-refractivity contribution in [3.8, 4) is 17.2 Å². The number of methoxy groups -OCH3 is 1. The van der Waals surface area contributed by atoms with E-state index in [2.05, 4.69) is 10.1 Å². The van der Waals surface area contributed by atoms with Crippen LogP contribution in [0.3, 0.4) is 0 Å². The van der Waals surface area contributed by atoms with Crippen LogP contribution in [0, 0.1) is 0 Å². The summed E-state index contributed by atoms with van der Waals surface area (Å²) >= 11 is 0. The summed E-state index contributed by atoms with van der Waals surface area (Å²) < 4.78 is 40.2. The van der Waals surface area contributed by atoms with Crippen LogP contribution in [0.4, 0.5) is 8.78 Å². The highest BCUT2D eigenvalue weighted by atomic mass is 19.3. The van der Waals surface area contributed by atoms with E-state index >= 15 is 0 Å². The van der Waals surface area contributed by atoms with E-state index in [1.54, 1.807) is 19.1 Å². The van der Waals surface area contributed by atoms with E-state index in [9.17, 15) is 13.6 Å². The Hall–Kier alpha value is -2.83. The number of para-hydroxylation sites is 1. The Labute approximate surface area is 150 Å². The fourth-order valence-electron chi connectivity index (χ4n) is 2.44. The molecule has 0 bridgehead atoms. The van der Waals surface area contributed by atoms with Crippen molar-refractivity contribution in [2.45, 2.75) is 26.5 Å². The first kappa shape index (κ1) is 19.5. The van der Waals surface area contributed by atoms with Gasteiger partial charge in [-0.05, 0) is 43.7 Å². The highest BCUT2D eigenvalue weighted by molar-refractivity contribution is 5.98. The third-order valence-electron chi connectivity index (χ3n) is 3.69. The van der Waals surface area contributed by atoms with Gasteiger partial charge in [0.2, 0.25) is 0 Å². The van der Waals surface area contributed by atoms with Gasteiger partial charge in [-0.15, -0.1) is 0 Å². The standard InChI is InChI=1S/C19H21F2NO4/c1-4-25-14-10-8-13(9-11-14)12(2)22-18(23)15-6-5-7-16(24-3)17(15)26-19(20)21/h5-12,19H,4H2,1-3H3,(H,22,23). The Balaban J connectivity index is 2.18. The lowest BCUT2D eigenvalue weighted by Gasteiger charge is -2.18. The second-order valence-electron chi connectivity index (χ2n) is 5.41. The number of halogens is 2. The Morgan fingerprint density at radius 2 is 1.85 bits per heavy atom. The molecular formula is C19H21F2NO4. The number of nitrogens with one attached hydrogen (secondary N) is 1. The van der Waals surface area contributed by atoms with Crippen molar-refractivity contribution in [1.29, 1.82) is 0 Å². The Bertz CT molecular complexity index is 735. The number of alkyl halides is 2. The van der Waals surface area contributed by atoms with Crippen LogP contribution in [0.15, 0.2) is 42.5 Å². The summed E-state index contributed by atoms with van der Waals surface area (Å²) in [6, 6.07) is 11.3. The number of ether oxygens (including phenoxy) is 3. The van der Waals surface area contributed by atoms with Crippen LogP contribution in [0.25, 0.3) is 0 Å². The molecule has 2 rings (SSSR count). The molecule has 1 amide bonds. The largest absolute Gasteiger partial charge is 0.494 e. The van der Waals surface area contributed by atoms with Crippen LogP contribution in [0.2, 0.25) is 0 Å². The molecular weight excluding hydrogens is 344 g/mol. The fraction of sp³-hybridized carbons (Fsp3) is 0.316. The maximum Gasteiger partial charge on any atom is 0.387 e. The molecule has 0 heterocycles. The molecule has 2 aromatic rings. The van der Waals surface area contributed by atoms with Crippen molar-refractivity contribution in [3.63, 3.8) is 0 Å². The molecule has 140 valence electrons. The van der Waals surface area contributed by atoms with Gasteiger partial charge in [0, 0.05) is 0 Å². The lowest BCUT2D eigenvalue weighted by atomic mass is 10.1. The monoisotopic (exact) mass is 365 g/mol. The molecule has 0 fully saturated rings. The van der Waals surface area contributed by atoms with E-state index in [0.717, 1.165) is 11.3 Å². The SMILES string of the molecule is CCOc1ccc(C(C)NC(=O)c2cccc(OC)c2OC(F)F)cc1. The molecule has 0 aliphatic rings. The zero-order valence-electron chi connectivity index (χ0n) is 14.8. The summed E-state index contributed by atoms with van der Waals surface area (Å²) in [7, 11) is 1.32. The predicted molar refractivity (Wildman–Crippen MR) is 93.1 cm³/mol. The first-order valence-electron chi connectivity index (χ1n) is 8.11. The third-order valence-corrected chi connectivity index (χ3v) is 3.69. The van der Waals surface area contributed by atoms with E-state index < -0.39 is 12.5 Å². The van der Waals surface area contributed by atoms with Crippen LogP contribution >= 0.6 is 0 Å². The summed E-state index contributed by atoms with van der Waals surface area (Å²) in [6.45, 7) is 1.18. The topological polar surface area (TPSA) is 56.8 Å². The van der Waals surface area contributed by atoms with Crippen molar-refractivity contribution in [2.75, 3.05) is 13.7 Å². The summed E-state index contributed by atoms with van der Waals surface area (Å²) in [5.41, 5.74) is 0.823. The maximum atomic E-state index is 12.7. The lowest BCUT2D eigenvalue weighted by molar-refractivity contribution is -0.0515. The van der Waals surface area contributed by atoms with Gasteiger partial charge >= 0.3 is 6.61 Å². The zero-order chi connectivity index (χ0) is 19.1. The van der Waals surface area contributed by atoms with Gasteiger partial charge in [0.15, 0.2) is 11.5 Å². The molecule has 0 aromatic heterocycles. The van der Waals surface area contributed by atoms with Crippen LogP contribution in [-0.4, -0.2) is 26.2 Å². The zero-order valence-corrected chi connectivity index (χ0v) is 14.8. The van der Waals surface area contributed by atoms with Gasteiger partial charge in [-0.1, -0.05) is 18.2 Å². The number of hydrogen-bond donors (Lipinski definition) is 1. The third kappa shape index (κ3) is 4.84. The van der Waals surface area contributed by atoms with E-state index in [1.165, 1.54) is 25.3 Å². The predicted octanol–water partition coefficient (Wildman–Crippen LogP) is 4.19. The van der Waals surface area contributed by atoms with Crippen LogP contribution < -0.4 is 19.5 Å². The molecule has 0 aliphatic heterocycles. The molecule has 26 heavy (non-hydrogen) atoms. The average molecular weight is 365 g/mol. The van der Waals surface area contributed by atoms with Gasteiger partial charge in [-0.2, -0.15) is 8.78 Å². The fourth-order valence-corrected chi connectivity index (χ4v) is 2.44. The highest BCUT2D eigenvalue weighted by Crippen LogP contribution is 2.32. The second-order valence-corrected chi connectivity index (χ2v) is 5.41.